The zero-order chi connectivity index (χ0) is 13.5. The maximum Gasteiger partial charge on any atom is 0.319 e. The number of carbonyl (C=O) groups excluding carboxylic acids is 1. The van der Waals surface area contributed by atoms with Gasteiger partial charge in [0.25, 0.3) is 0 Å². The first-order valence-electron chi connectivity index (χ1n) is 5.72. The molecule has 0 fully saturated rings. The summed E-state index contributed by atoms with van der Waals surface area (Å²) in [6, 6.07) is 4.34. The lowest BCUT2D eigenvalue weighted by atomic mass is 10.2. The monoisotopic (exact) mass is 255 g/mol. The van der Waals surface area contributed by atoms with E-state index in [-0.39, 0.29) is 18.3 Å². The van der Waals surface area contributed by atoms with Crippen LogP contribution < -0.4 is 4.74 Å². The van der Waals surface area contributed by atoms with Crippen molar-refractivity contribution in [2.45, 2.75) is 13.5 Å². The number of likely N-dealkylation sites (N-methyl/N-ethyl adjacent to an activating group) is 1. The van der Waals surface area contributed by atoms with Crippen LogP contribution in [0.2, 0.25) is 0 Å². The number of rotatable bonds is 6. The predicted molar refractivity (Wildman–Crippen MR) is 65.9 cm³/mol. The Labute approximate surface area is 106 Å². The average molecular weight is 255 g/mol. The maximum absolute atomic E-state index is 13.2. The fourth-order valence-corrected chi connectivity index (χ4v) is 1.64. The van der Waals surface area contributed by atoms with Crippen molar-refractivity contribution in [2.75, 3.05) is 27.3 Å². The van der Waals surface area contributed by atoms with Gasteiger partial charge in [-0.2, -0.15) is 0 Å². The third-order valence-electron chi connectivity index (χ3n) is 2.66. The molecule has 0 aliphatic carbocycles. The number of hydrogen-bond acceptors (Lipinski definition) is 4. The predicted octanol–water partition coefficient (Wildman–Crippen LogP) is 1.83. The van der Waals surface area contributed by atoms with E-state index in [0.717, 1.165) is 0 Å². The van der Waals surface area contributed by atoms with E-state index in [1.165, 1.54) is 26.4 Å². The molecule has 0 aliphatic heterocycles. The van der Waals surface area contributed by atoms with E-state index in [9.17, 15) is 9.18 Å². The Kier molecular flexibility index (Phi) is 5.58. The molecule has 0 atom stereocenters. The zero-order valence-corrected chi connectivity index (χ0v) is 10.9. The summed E-state index contributed by atoms with van der Waals surface area (Å²) in [5.74, 6) is -0.0214. The summed E-state index contributed by atoms with van der Waals surface area (Å²) in [4.78, 5) is 13.1. The molecule has 0 unspecified atom stereocenters. The molecule has 4 nitrogen and oxygen atoms in total. The Morgan fingerprint density at radius 2 is 2.11 bits per heavy atom. The summed E-state index contributed by atoms with van der Waals surface area (Å²) in [7, 11) is 2.88. The van der Waals surface area contributed by atoms with E-state index in [0.29, 0.717) is 24.4 Å². The van der Waals surface area contributed by atoms with Crippen molar-refractivity contribution in [1.82, 2.24) is 4.90 Å². The quantitative estimate of drug-likeness (QED) is 0.727. The zero-order valence-electron chi connectivity index (χ0n) is 10.9. The van der Waals surface area contributed by atoms with Gasteiger partial charge in [-0.15, -0.1) is 0 Å². The molecule has 0 aromatic heterocycles. The summed E-state index contributed by atoms with van der Waals surface area (Å²) in [5, 5.41) is 0. The standard InChI is InChI=1S/C13H18FNO3/c1-4-15(9-13(16)18-3)8-10-7-11(14)5-6-12(10)17-2/h5-7H,4,8-9H2,1-3H3. The first-order valence-corrected chi connectivity index (χ1v) is 5.72. The SMILES string of the molecule is CCN(CC(=O)OC)Cc1cc(F)ccc1OC. The topological polar surface area (TPSA) is 38.8 Å². The number of esters is 1. The van der Waals surface area contributed by atoms with Crippen molar-refractivity contribution in [3.8, 4) is 5.75 Å². The third kappa shape index (κ3) is 4.00. The van der Waals surface area contributed by atoms with Crippen molar-refractivity contribution in [1.29, 1.82) is 0 Å². The van der Waals surface area contributed by atoms with Gasteiger partial charge in [0.1, 0.15) is 11.6 Å². The molecule has 100 valence electrons. The molecule has 0 amide bonds. The van der Waals surface area contributed by atoms with E-state index >= 15 is 0 Å². The van der Waals surface area contributed by atoms with Gasteiger partial charge in [0.15, 0.2) is 0 Å². The lowest BCUT2D eigenvalue weighted by Crippen LogP contribution is -2.30. The van der Waals surface area contributed by atoms with Crippen LogP contribution >= 0.6 is 0 Å². The number of benzene rings is 1. The van der Waals surface area contributed by atoms with Crippen molar-refractivity contribution in [3.05, 3.63) is 29.6 Å². The van der Waals surface area contributed by atoms with E-state index in [1.54, 1.807) is 6.07 Å². The minimum atomic E-state index is -0.320. The molecule has 0 bridgehead atoms. The van der Waals surface area contributed by atoms with Crippen LogP contribution in [0.3, 0.4) is 0 Å². The molecule has 0 spiro atoms. The van der Waals surface area contributed by atoms with Crippen LogP contribution in [0.25, 0.3) is 0 Å². The summed E-state index contributed by atoms with van der Waals surface area (Å²) in [5.41, 5.74) is 0.711. The minimum Gasteiger partial charge on any atom is -0.496 e. The van der Waals surface area contributed by atoms with Gasteiger partial charge in [-0.1, -0.05) is 6.92 Å². The van der Waals surface area contributed by atoms with Crippen molar-refractivity contribution in [3.63, 3.8) is 0 Å². The molecule has 1 aromatic rings. The molecule has 1 aromatic carbocycles. The second-order valence-electron chi connectivity index (χ2n) is 3.84. The largest absolute Gasteiger partial charge is 0.496 e. The molecule has 0 N–H and O–H groups in total. The first kappa shape index (κ1) is 14.4. The summed E-state index contributed by atoms with van der Waals surface area (Å²) in [6.07, 6.45) is 0. The van der Waals surface area contributed by atoms with Crippen molar-refractivity contribution < 1.29 is 18.7 Å². The number of nitrogens with zero attached hydrogens (tertiary/aromatic N) is 1. The van der Waals surface area contributed by atoms with Crippen LogP contribution in [0.15, 0.2) is 18.2 Å². The molecular weight excluding hydrogens is 237 g/mol. The van der Waals surface area contributed by atoms with E-state index in [4.69, 9.17) is 4.74 Å². The number of methoxy groups -OCH3 is 2. The Balaban J connectivity index is 2.80. The van der Waals surface area contributed by atoms with Crippen molar-refractivity contribution in [2.24, 2.45) is 0 Å². The molecule has 18 heavy (non-hydrogen) atoms. The van der Waals surface area contributed by atoms with Crippen LogP contribution in [0.4, 0.5) is 4.39 Å². The molecule has 0 radical (unpaired) electrons. The van der Waals surface area contributed by atoms with Crippen molar-refractivity contribution >= 4 is 5.97 Å². The molecular formula is C13H18FNO3. The van der Waals surface area contributed by atoms with Crippen LogP contribution in [0.5, 0.6) is 5.75 Å². The molecule has 0 saturated carbocycles. The van der Waals surface area contributed by atoms with Gasteiger partial charge in [0, 0.05) is 12.1 Å². The normalized spacial score (nSPS) is 10.5. The number of ether oxygens (including phenoxy) is 2. The number of halogens is 1. The van der Waals surface area contributed by atoms with Crippen LogP contribution in [-0.4, -0.2) is 38.2 Å². The molecule has 5 heteroatoms. The molecule has 0 aliphatic rings. The van der Waals surface area contributed by atoms with Gasteiger partial charge >= 0.3 is 5.97 Å². The van der Waals surface area contributed by atoms with Gasteiger partial charge < -0.3 is 9.47 Å². The third-order valence-corrected chi connectivity index (χ3v) is 2.66. The van der Waals surface area contributed by atoms with Gasteiger partial charge in [-0.3, -0.25) is 9.69 Å². The summed E-state index contributed by atoms with van der Waals surface area (Å²) in [6.45, 7) is 3.20. The fourth-order valence-electron chi connectivity index (χ4n) is 1.64. The van der Waals surface area contributed by atoms with E-state index in [2.05, 4.69) is 4.74 Å². The highest BCUT2D eigenvalue weighted by atomic mass is 19.1. The molecule has 0 heterocycles. The summed E-state index contributed by atoms with van der Waals surface area (Å²) >= 11 is 0. The highest BCUT2D eigenvalue weighted by Gasteiger charge is 2.13. The van der Waals surface area contributed by atoms with Crippen LogP contribution in [0.1, 0.15) is 12.5 Å². The second kappa shape index (κ2) is 6.96. The molecule has 1 rings (SSSR count). The average Bonchev–Trinajstić information content (AvgIpc) is 2.38. The molecule has 0 saturated heterocycles. The Morgan fingerprint density at radius 3 is 2.67 bits per heavy atom. The lowest BCUT2D eigenvalue weighted by molar-refractivity contribution is -0.142. The maximum atomic E-state index is 13.2. The highest BCUT2D eigenvalue weighted by Crippen LogP contribution is 2.20. The number of hydrogen-bond donors (Lipinski definition) is 0. The van der Waals surface area contributed by atoms with Gasteiger partial charge in [-0.25, -0.2) is 4.39 Å². The van der Waals surface area contributed by atoms with Gasteiger partial charge in [0.2, 0.25) is 0 Å². The van der Waals surface area contributed by atoms with Gasteiger partial charge in [-0.05, 0) is 24.7 Å². The smallest absolute Gasteiger partial charge is 0.319 e. The Bertz CT molecular complexity index is 409. The van der Waals surface area contributed by atoms with E-state index < -0.39 is 0 Å². The van der Waals surface area contributed by atoms with Gasteiger partial charge in [0.05, 0.1) is 20.8 Å². The number of carbonyl (C=O) groups is 1. The second-order valence-corrected chi connectivity index (χ2v) is 3.84. The first-order chi connectivity index (χ1) is 8.60. The Hall–Kier alpha value is -1.62. The summed E-state index contributed by atoms with van der Waals surface area (Å²) < 4.78 is 23.0. The highest BCUT2D eigenvalue weighted by molar-refractivity contribution is 5.71. The minimum absolute atomic E-state index is 0.173. The fraction of sp³-hybridized carbons (Fsp3) is 0.462. The van der Waals surface area contributed by atoms with E-state index in [1.807, 2.05) is 11.8 Å². The van der Waals surface area contributed by atoms with Crippen LogP contribution in [0, 0.1) is 5.82 Å². The Morgan fingerprint density at radius 1 is 1.39 bits per heavy atom. The lowest BCUT2D eigenvalue weighted by Gasteiger charge is -2.20. The van der Waals surface area contributed by atoms with Crippen LogP contribution in [-0.2, 0) is 16.1 Å².